The summed E-state index contributed by atoms with van der Waals surface area (Å²) in [4.78, 5) is 14.7. The van der Waals surface area contributed by atoms with E-state index >= 15 is 0 Å². The van der Waals surface area contributed by atoms with Gasteiger partial charge in [-0.25, -0.2) is 4.79 Å². The van der Waals surface area contributed by atoms with E-state index < -0.39 is 17.0 Å². The number of aryl methyl sites for hydroxylation is 12. The molecule has 4 aromatic carbocycles. The average Bonchev–Trinajstić information content (AvgIpc) is 2.94. The molecule has 4 aromatic rings. The van der Waals surface area contributed by atoms with E-state index in [1.54, 1.807) is 0 Å². The highest BCUT2D eigenvalue weighted by Gasteiger charge is 2.35. The fourth-order valence-corrected chi connectivity index (χ4v) is 8.35. The van der Waals surface area contributed by atoms with Crippen LogP contribution in [0.4, 0.5) is 4.79 Å². The normalized spacial score (nSPS) is 11.7. The van der Waals surface area contributed by atoms with Crippen LogP contribution in [0.15, 0.2) is 60.0 Å². The lowest BCUT2D eigenvalue weighted by Gasteiger charge is -2.31. The summed E-state index contributed by atoms with van der Waals surface area (Å²) in [6.07, 6.45) is -0.737. The summed E-state index contributed by atoms with van der Waals surface area (Å²) in [5, 5.41) is 0. The first kappa shape index (κ1) is 40.4. The predicted octanol–water partition coefficient (Wildman–Crippen LogP) is 13.9. The zero-order valence-corrected chi connectivity index (χ0v) is 35.3. The van der Waals surface area contributed by atoms with Crippen molar-refractivity contribution in [3.05, 3.63) is 149 Å². The number of carbonyl (C=O) groups is 1. The lowest BCUT2D eigenvalue weighted by Crippen LogP contribution is -2.24. The Morgan fingerprint density at radius 1 is 0.365 bits per heavy atom. The van der Waals surface area contributed by atoms with Gasteiger partial charge in [-0.3, -0.25) is 0 Å². The summed E-state index contributed by atoms with van der Waals surface area (Å²) in [5.41, 5.74) is 19.0. The lowest BCUT2D eigenvalue weighted by molar-refractivity contribution is 0.0743. The molecule has 0 unspecified atom stereocenters. The zero-order valence-electron chi connectivity index (χ0n) is 35.3. The van der Waals surface area contributed by atoms with Crippen LogP contribution in [0.5, 0.6) is 0 Å². The van der Waals surface area contributed by atoms with Crippen LogP contribution in [-0.4, -0.2) is 6.16 Å². The van der Waals surface area contributed by atoms with Gasteiger partial charge in [0, 0.05) is 22.0 Å². The molecule has 3 heteroatoms. The third-order valence-corrected chi connectivity index (χ3v) is 9.90. The first-order chi connectivity index (χ1) is 23.9. The fraction of sp³-hybridized carbons (Fsp3) is 0.408. The molecule has 0 heterocycles. The molecule has 0 radical (unpaired) electrons. The number of rotatable bonds is 6. The molecule has 0 aliphatic heterocycles. The molecule has 0 N–H and O–H groups in total. The van der Waals surface area contributed by atoms with Gasteiger partial charge in [-0.15, -0.1) is 0 Å². The minimum atomic E-state index is -0.737. The Kier molecular flexibility index (Phi) is 11.6. The highest BCUT2D eigenvalue weighted by Crippen LogP contribution is 2.45. The van der Waals surface area contributed by atoms with Crippen molar-refractivity contribution in [1.82, 2.24) is 0 Å². The van der Waals surface area contributed by atoms with Crippen molar-refractivity contribution in [1.29, 1.82) is 0 Å². The second-order valence-electron chi connectivity index (χ2n) is 17.5. The summed E-state index contributed by atoms with van der Waals surface area (Å²) < 4.78 is 13.3. The number of ether oxygens (including phenoxy) is 2. The second-order valence-corrected chi connectivity index (χ2v) is 17.5. The number of allylic oxidation sites excluding steroid dienone is 2. The molecule has 276 valence electrons. The van der Waals surface area contributed by atoms with E-state index in [1.807, 2.05) is 0 Å². The molecule has 0 aliphatic carbocycles. The van der Waals surface area contributed by atoms with Crippen LogP contribution in [0.3, 0.4) is 0 Å². The van der Waals surface area contributed by atoms with Gasteiger partial charge in [0.05, 0.1) is 0 Å². The minimum Gasteiger partial charge on any atom is -0.398 e. The zero-order chi connectivity index (χ0) is 39.2. The summed E-state index contributed by atoms with van der Waals surface area (Å²) in [6.45, 7) is 38.4. The molecule has 0 fully saturated rings. The number of hydrogen-bond acceptors (Lipinski definition) is 3. The molecule has 0 spiro atoms. The molecule has 3 nitrogen and oxygen atoms in total. The van der Waals surface area contributed by atoms with Crippen molar-refractivity contribution in [2.24, 2.45) is 10.8 Å². The highest BCUT2D eigenvalue weighted by molar-refractivity contribution is 5.90. The second kappa shape index (κ2) is 14.9. The lowest BCUT2D eigenvalue weighted by atomic mass is 9.79. The maximum absolute atomic E-state index is 14.7. The smallest absolute Gasteiger partial charge is 0.398 e. The number of carbonyl (C=O) groups excluding carboxylic acids is 1. The maximum Gasteiger partial charge on any atom is 0.518 e. The Bertz CT molecular complexity index is 1760. The maximum atomic E-state index is 14.7. The Morgan fingerprint density at radius 3 is 0.692 bits per heavy atom. The molecule has 4 rings (SSSR count). The monoisotopic (exact) mass is 698 g/mol. The fourth-order valence-electron chi connectivity index (χ4n) is 8.35. The average molecular weight is 699 g/mol. The van der Waals surface area contributed by atoms with Crippen molar-refractivity contribution < 1.29 is 14.3 Å². The van der Waals surface area contributed by atoms with Crippen LogP contribution in [0.25, 0.3) is 11.1 Å². The summed E-state index contributed by atoms with van der Waals surface area (Å²) >= 11 is 0. The van der Waals surface area contributed by atoms with Crippen molar-refractivity contribution in [3.63, 3.8) is 0 Å². The standard InChI is InChI=1S/C49H62O3/c1-27-19-31(5)39(32(6)20-27)43(40-33(7)21-28(2)22-34(40)8)45(48(13,14)15)51-47(50)52-46(49(16,17)18)44(41-35(9)23-29(3)24-36(41)10)42-37(11)25-30(4)26-38(42)12/h19-26H,1-18H3. The van der Waals surface area contributed by atoms with Crippen LogP contribution in [0, 0.1) is 93.9 Å². The first-order valence-corrected chi connectivity index (χ1v) is 18.6. The quantitative estimate of drug-likeness (QED) is 0.149. The van der Waals surface area contributed by atoms with E-state index in [1.165, 1.54) is 22.3 Å². The van der Waals surface area contributed by atoms with Crippen molar-refractivity contribution in [2.45, 2.75) is 125 Å². The van der Waals surface area contributed by atoms with Crippen molar-refractivity contribution in [3.8, 4) is 0 Å². The largest absolute Gasteiger partial charge is 0.518 e. The molecule has 0 aliphatic rings. The van der Waals surface area contributed by atoms with Crippen LogP contribution in [0.1, 0.15) is 131 Å². The number of hydrogen-bond donors (Lipinski definition) is 0. The predicted molar refractivity (Wildman–Crippen MR) is 221 cm³/mol. The van der Waals surface area contributed by atoms with Gasteiger partial charge >= 0.3 is 6.16 Å². The van der Waals surface area contributed by atoms with Gasteiger partial charge in [-0.05, 0) is 150 Å². The minimum absolute atomic E-state index is 0.551. The number of benzene rings is 4. The molecule has 0 bridgehead atoms. The van der Waals surface area contributed by atoms with Crippen LogP contribution < -0.4 is 0 Å². The van der Waals surface area contributed by atoms with Crippen LogP contribution >= 0.6 is 0 Å². The third-order valence-electron chi connectivity index (χ3n) is 9.90. The Balaban J connectivity index is 2.11. The van der Waals surface area contributed by atoms with E-state index in [4.69, 9.17) is 9.47 Å². The molecule has 0 aromatic heterocycles. The summed E-state index contributed by atoms with van der Waals surface area (Å²) in [6, 6.07) is 17.7. The van der Waals surface area contributed by atoms with Gasteiger partial charge in [0.25, 0.3) is 0 Å². The van der Waals surface area contributed by atoms with Gasteiger partial charge < -0.3 is 9.47 Å². The van der Waals surface area contributed by atoms with Gasteiger partial charge in [0.15, 0.2) is 0 Å². The van der Waals surface area contributed by atoms with E-state index in [2.05, 4.69) is 173 Å². The van der Waals surface area contributed by atoms with Gasteiger partial charge in [0.1, 0.15) is 11.5 Å². The van der Waals surface area contributed by atoms with Crippen LogP contribution in [-0.2, 0) is 9.47 Å². The molecule has 0 atom stereocenters. The summed E-state index contributed by atoms with van der Waals surface area (Å²) in [7, 11) is 0. The van der Waals surface area contributed by atoms with E-state index in [0.717, 1.165) is 77.9 Å². The van der Waals surface area contributed by atoms with E-state index in [-0.39, 0.29) is 0 Å². The third kappa shape index (κ3) is 8.46. The van der Waals surface area contributed by atoms with Crippen molar-refractivity contribution in [2.75, 3.05) is 0 Å². The van der Waals surface area contributed by atoms with E-state index in [9.17, 15) is 4.79 Å². The van der Waals surface area contributed by atoms with E-state index in [0.29, 0.717) is 11.5 Å². The Morgan fingerprint density at radius 2 is 0.538 bits per heavy atom. The molecule has 0 amide bonds. The molecule has 0 saturated carbocycles. The molecular weight excluding hydrogens is 637 g/mol. The molecule has 52 heavy (non-hydrogen) atoms. The van der Waals surface area contributed by atoms with Gasteiger partial charge in [-0.2, -0.15) is 0 Å². The SMILES string of the molecule is Cc1cc(C)c(C(=C(OC(=O)OC(=C(c2c(C)cc(C)cc2C)c2c(C)cc(C)cc2C)C(C)(C)C)C(C)(C)C)c2c(C)cc(C)cc2C)c(C)c1. The Hall–Kier alpha value is -4.37. The highest BCUT2D eigenvalue weighted by atomic mass is 16.7. The summed E-state index contributed by atoms with van der Waals surface area (Å²) in [5.74, 6) is 1.17. The molecular formula is C49H62O3. The Labute approximate surface area is 315 Å². The van der Waals surface area contributed by atoms with Crippen molar-refractivity contribution >= 4 is 17.3 Å². The van der Waals surface area contributed by atoms with Gasteiger partial charge in [-0.1, -0.05) is 112 Å². The van der Waals surface area contributed by atoms with Crippen LogP contribution in [0.2, 0.25) is 0 Å². The van der Waals surface area contributed by atoms with Gasteiger partial charge in [0.2, 0.25) is 0 Å². The first-order valence-electron chi connectivity index (χ1n) is 18.6. The topological polar surface area (TPSA) is 35.5 Å². The molecule has 0 saturated heterocycles.